The molecule has 0 spiro atoms. The van der Waals surface area contributed by atoms with Crippen molar-refractivity contribution in [2.75, 3.05) is 19.7 Å². The number of aliphatic carboxylic acids is 1. The Morgan fingerprint density at radius 1 is 1.20 bits per heavy atom. The van der Waals surface area contributed by atoms with Gasteiger partial charge in [0.05, 0.1) is 6.10 Å². The van der Waals surface area contributed by atoms with Gasteiger partial charge in [-0.15, -0.1) is 0 Å². The third-order valence-electron chi connectivity index (χ3n) is 3.49. The molecule has 1 aliphatic rings. The van der Waals surface area contributed by atoms with Crippen LogP contribution in [-0.2, 0) is 14.3 Å². The Bertz CT molecular complexity index is 309. The van der Waals surface area contributed by atoms with E-state index in [0.717, 1.165) is 32.5 Å². The molecule has 0 aliphatic carbocycles. The Labute approximate surface area is 121 Å². The van der Waals surface area contributed by atoms with Gasteiger partial charge in [-0.05, 0) is 31.6 Å². The van der Waals surface area contributed by atoms with Gasteiger partial charge < -0.3 is 14.7 Å². The lowest BCUT2D eigenvalue weighted by molar-refractivity contribution is -0.138. The minimum absolute atomic E-state index is 0.151. The Kier molecular flexibility index (Phi) is 7.59. The molecule has 116 valence electrons. The molecule has 1 rings (SSSR count). The molecule has 1 fully saturated rings. The first-order chi connectivity index (χ1) is 9.49. The molecule has 5 heteroatoms. The number of carbonyl (C=O) groups excluding carboxylic acids is 1. The number of carboxylic acid groups (broad SMARTS) is 1. The number of carbonyl (C=O) groups is 2. The second-order valence-corrected chi connectivity index (χ2v) is 5.91. The molecule has 0 bridgehead atoms. The summed E-state index contributed by atoms with van der Waals surface area (Å²) in [6.07, 6.45) is 3.96. The number of unbranched alkanes of at least 4 members (excludes halogenated alkanes) is 1. The molecular weight excluding hydrogens is 258 g/mol. The molecular formula is C15H27NO4. The normalized spacial score (nSPS) is 16.6. The number of nitrogens with zero attached hydrogens (tertiary/aromatic N) is 1. The number of ether oxygens (including phenoxy) is 1. The van der Waals surface area contributed by atoms with E-state index < -0.39 is 5.97 Å². The highest BCUT2D eigenvalue weighted by atomic mass is 16.5. The van der Waals surface area contributed by atoms with Gasteiger partial charge in [0.1, 0.15) is 0 Å². The molecule has 0 aromatic heterocycles. The van der Waals surface area contributed by atoms with Crippen molar-refractivity contribution in [1.82, 2.24) is 4.90 Å². The van der Waals surface area contributed by atoms with Crippen LogP contribution in [0.5, 0.6) is 0 Å². The van der Waals surface area contributed by atoms with Gasteiger partial charge in [0.2, 0.25) is 5.91 Å². The predicted molar refractivity (Wildman–Crippen MR) is 76.5 cm³/mol. The van der Waals surface area contributed by atoms with Crippen LogP contribution in [0.15, 0.2) is 0 Å². The van der Waals surface area contributed by atoms with Crippen molar-refractivity contribution in [1.29, 1.82) is 0 Å². The monoisotopic (exact) mass is 285 g/mol. The van der Waals surface area contributed by atoms with Gasteiger partial charge in [0.15, 0.2) is 0 Å². The van der Waals surface area contributed by atoms with E-state index in [0.29, 0.717) is 25.2 Å². The maximum atomic E-state index is 12.0. The smallest absolute Gasteiger partial charge is 0.303 e. The van der Waals surface area contributed by atoms with E-state index in [-0.39, 0.29) is 18.4 Å². The summed E-state index contributed by atoms with van der Waals surface area (Å²) < 4.78 is 5.79. The molecule has 1 amide bonds. The fourth-order valence-electron chi connectivity index (χ4n) is 2.31. The highest BCUT2D eigenvalue weighted by Gasteiger charge is 2.22. The quantitative estimate of drug-likeness (QED) is 0.695. The van der Waals surface area contributed by atoms with Crippen molar-refractivity contribution in [2.24, 2.45) is 5.92 Å². The van der Waals surface area contributed by atoms with Crippen LogP contribution in [0.2, 0.25) is 0 Å². The summed E-state index contributed by atoms with van der Waals surface area (Å²) in [5, 5.41) is 8.54. The summed E-state index contributed by atoms with van der Waals surface area (Å²) in [6, 6.07) is 0. The molecule has 20 heavy (non-hydrogen) atoms. The van der Waals surface area contributed by atoms with Crippen LogP contribution in [0.1, 0.15) is 52.4 Å². The van der Waals surface area contributed by atoms with Gasteiger partial charge in [-0.1, -0.05) is 13.8 Å². The average Bonchev–Trinajstić information content (AvgIpc) is 2.41. The average molecular weight is 285 g/mol. The minimum atomic E-state index is -0.791. The van der Waals surface area contributed by atoms with Crippen molar-refractivity contribution < 1.29 is 19.4 Å². The highest BCUT2D eigenvalue weighted by molar-refractivity contribution is 5.76. The zero-order valence-corrected chi connectivity index (χ0v) is 12.6. The van der Waals surface area contributed by atoms with E-state index in [9.17, 15) is 9.59 Å². The molecule has 1 N–H and O–H groups in total. The first-order valence-corrected chi connectivity index (χ1v) is 7.60. The highest BCUT2D eigenvalue weighted by Crippen LogP contribution is 2.16. The SMILES string of the molecule is CC(C)COC1CCN(C(=O)CCCCC(=O)O)CC1. The number of rotatable bonds is 8. The zero-order chi connectivity index (χ0) is 15.0. The van der Waals surface area contributed by atoms with Crippen LogP contribution in [0.25, 0.3) is 0 Å². The van der Waals surface area contributed by atoms with Crippen molar-refractivity contribution >= 4 is 11.9 Å². The molecule has 1 heterocycles. The third kappa shape index (κ3) is 6.89. The van der Waals surface area contributed by atoms with Crippen LogP contribution >= 0.6 is 0 Å². The second-order valence-electron chi connectivity index (χ2n) is 5.91. The fourth-order valence-corrected chi connectivity index (χ4v) is 2.31. The Balaban J connectivity index is 2.14. The van der Waals surface area contributed by atoms with Crippen molar-refractivity contribution in [2.45, 2.75) is 58.5 Å². The third-order valence-corrected chi connectivity index (χ3v) is 3.49. The lowest BCUT2D eigenvalue weighted by Gasteiger charge is -2.32. The molecule has 0 radical (unpaired) electrons. The Morgan fingerprint density at radius 2 is 1.80 bits per heavy atom. The van der Waals surface area contributed by atoms with E-state index in [4.69, 9.17) is 9.84 Å². The molecule has 0 atom stereocenters. The van der Waals surface area contributed by atoms with E-state index in [2.05, 4.69) is 13.8 Å². The Morgan fingerprint density at radius 3 is 2.35 bits per heavy atom. The Hall–Kier alpha value is -1.10. The molecule has 0 saturated carbocycles. The topological polar surface area (TPSA) is 66.8 Å². The van der Waals surface area contributed by atoms with Crippen LogP contribution < -0.4 is 0 Å². The maximum Gasteiger partial charge on any atom is 0.303 e. The number of amides is 1. The number of carboxylic acids is 1. The lowest BCUT2D eigenvalue weighted by Crippen LogP contribution is -2.41. The van der Waals surface area contributed by atoms with Crippen LogP contribution in [0.3, 0.4) is 0 Å². The van der Waals surface area contributed by atoms with Gasteiger partial charge in [-0.25, -0.2) is 0 Å². The molecule has 5 nitrogen and oxygen atoms in total. The first kappa shape index (κ1) is 17.0. The zero-order valence-electron chi connectivity index (χ0n) is 12.6. The van der Waals surface area contributed by atoms with Crippen molar-refractivity contribution in [3.63, 3.8) is 0 Å². The first-order valence-electron chi connectivity index (χ1n) is 7.60. The predicted octanol–water partition coefficient (Wildman–Crippen LogP) is 2.29. The van der Waals surface area contributed by atoms with E-state index in [1.54, 1.807) is 0 Å². The fraction of sp³-hybridized carbons (Fsp3) is 0.867. The molecule has 1 aliphatic heterocycles. The summed E-state index contributed by atoms with van der Waals surface area (Å²) in [4.78, 5) is 24.2. The van der Waals surface area contributed by atoms with Crippen LogP contribution in [-0.4, -0.2) is 47.7 Å². The van der Waals surface area contributed by atoms with Gasteiger partial charge in [-0.2, -0.15) is 0 Å². The van der Waals surface area contributed by atoms with Gasteiger partial charge >= 0.3 is 5.97 Å². The number of piperidine rings is 1. The summed E-state index contributed by atoms with van der Waals surface area (Å²) in [5.74, 6) is -0.0952. The van der Waals surface area contributed by atoms with E-state index >= 15 is 0 Å². The number of hydrogen-bond donors (Lipinski definition) is 1. The van der Waals surface area contributed by atoms with Crippen LogP contribution in [0.4, 0.5) is 0 Å². The summed E-state index contributed by atoms with van der Waals surface area (Å²) in [5.41, 5.74) is 0. The molecule has 0 aromatic carbocycles. The molecule has 0 aromatic rings. The van der Waals surface area contributed by atoms with E-state index in [1.165, 1.54) is 0 Å². The van der Waals surface area contributed by atoms with Crippen LogP contribution in [0, 0.1) is 5.92 Å². The summed E-state index contributed by atoms with van der Waals surface area (Å²) in [7, 11) is 0. The maximum absolute atomic E-state index is 12.0. The summed E-state index contributed by atoms with van der Waals surface area (Å²) >= 11 is 0. The van der Waals surface area contributed by atoms with Gasteiger partial charge in [0, 0.05) is 32.5 Å². The standard InChI is InChI=1S/C15H27NO4/c1-12(2)11-20-13-7-9-16(10-8-13)14(17)5-3-4-6-15(18)19/h12-13H,3-11H2,1-2H3,(H,18,19). The van der Waals surface area contributed by atoms with Gasteiger partial charge in [0.25, 0.3) is 0 Å². The summed E-state index contributed by atoms with van der Waals surface area (Å²) in [6.45, 7) is 6.58. The van der Waals surface area contributed by atoms with Crippen molar-refractivity contribution in [3.8, 4) is 0 Å². The molecule has 0 unspecified atom stereocenters. The second kappa shape index (κ2) is 8.95. The van der Waals surface area contributed by atoms with Crippen molar-refractivity contribution in [3.05, 3.63) is 0 Å². The molecule has 1 saturated heterocycles. The van der Waals surface area contributed by atoms with E-state index in [1.807, 2.05) is 4.90 Å². The van der Waals surface area contributed by atoms with Gasteiger partial charge in [-0.3, -0.25) is 9.59 Å². The minimum Gasteiger partial charge on any atom is -0.481 e. The number of likely N-dealkylation sites (tertiary alicyclic amines) is 1. The largest absolute Gasteiger partial charge is 0.481 e. The number of hydrogen-bond acceptors (Lipinski definition) is 3. The lowest BCUT2D eigenvalue weighted by atomic mass is 10.1.